The number of ether oxygens (including phenoxy) is 1. The predicted octanol–water partition coefficient (Wildman–Crippen LogP) is 2.08. The molecule has 1 aromatic carbocycles. The van der Waals surface area contributed by atoms with Gasteiger partial charge in [-0.05, 0) is 18.9 Å². The van der Waals surface area contributed by atoms with Crippen molar-refractivity contribution in [3.8, 4) is 5.75 Å². The van der Waals surface area contributed by atoms with Gasteiger partial charge < -0.3 is 15.0 Å². The maximum atomic E-state index is 5.47. The minimum atomic E-state index is 0.847. The van der Waals surface area contributed by atoms with Gasteiger partial charge in [0.15, 0.2) is 0 Å². The number of hydrogen-bond acceptors (Lipinski definition) is 4. The van der Waals surface area contributed by atoms with E-state index in [-0.39, 0.29) is 0 Å². The molecule has 1 aromatic rings. The molecule has 0 unspecified atom stereocenters. The van der Waals surface area contributed by atoms with E-state index in [1.165, 1.54) is 0 Å². The van der Waals surface area contributed by atoms with E-state index in [1.807, 2.05) is 18.2 Å². The first-order valence-corrected chi connectivity index (χ1v) is 6.07. The summed E-state index contributed by atoms with van der Waals surface area (Å²) >= 11 is 0. The Kier molecular flexibility index (Phi) is 3.99. The third-order valence-corrected chi connectivity index (χ3v) is 3.18. The van der Waals surface area contributed by atoms with Crippen molar-refractivity contribution in [3.05, 3.63) is 24.3 Å². The summed E-state index contributed by atoms with van der Waals surface area (Å²) in [5.41, 5.74) is 2.91. The topological polar surface area (TPSA) is 36.9 Å². The van der Waals surface area contributed by atoms with Crippen LogP contribution in [0.3, 0.4) is 0 Å². The molecule has 18 heavy (non-hydrogen) atoms. The van der Waals surface area contributed by atoms with Gasteiger partial charge in [-0.2, -0.15) is 0 Å². The fourth-order valence-corrected chi connectivity index (χ4v) is 2.30. The van der Waals surface area contributed by atoms with Gasteiger partial charge in [0.2, 0.25) is 0 Å². The van der Waals surface area contributed by atoms with Crippen LogP contribution in [0.15, 0.2) is 23.7 Å². The third-order valence-electron chi connectivity index (χ3n) is 3.18. The molecule has 0 atom stereocenters. The molecule has 2 rings (SSSR count). The molecule has 96 valence electrons. The van der Waals surface area contributed by atoms with Crippen molar-refractivity contribution in [1.82, 2.24) is 5.32 Å². The zero-order chi connectivity index (χ0) is 13.0. The highest BCUT2D eigenvalue weighted by atomic mass is 16.5. The van der Waals surface area contributed by atoms with Gasteiger partial charge in [-0.3, -0.25) is 4.99 Å². The molecule has 1 fully saturated rings. The quantitative estimate of drug-likeness (QED) is 0.825. The average Bonchev–Trinajstić information content (AvgIpc) is 2.46. The van der Waals surface area contributed by atoms with Crippen molar-refractivity contribution < 1.29 is 4.74 Å². The summed E-state index contributed by atoms with van der Waals surface area (Å²) in [5, 5.41) is 3.34. The van der Waals surface area contributed by atoms with E-state index in [0.29, 0.717) is 0 Å². The number of methoxy groups -OCH3 is 1. The van der Waals surface area contributed by atoms with Crippen LogP contribution in [0.5, 0.6) is 5.75 Å². The number of piperazine rings is 1. The summed E-state index contributed by atoms with van der Waals surface area (Å²) in [4.78, 5) is 6.36. The van der Waals surface area contributed by atoms with Crippen molar-refractivity contribution in [2.24, 2.45) is 4.99 Å². The van der Waals surface area contributed by atoms with E-state index in [0.717, 1.165) is 48.9 Å². The Balaban J connectivity index is 2.52. The monoisotopic (exact) mass is 245 g/mol. The molecule has 0 saturated carbocycles. The molecule has 1 aliphatic rings. The van der Waals surface area contributed by atoms with Gasteiger partial charge in [0, 0.05) is 31.7 Å². The minimum absolute atomic E-state index is 0.847. The van der Waals surface area contributed by atoms with Crippen molar-refractivity contribution in [1.29, 1.82) is 0 Å². The maximum absolute atomic E-state index is 5.47. The fourth-order valence-electron chi connectivity index (χ4n) is 2.30. The van der Waals surface area contributed by atoms with E-state index in [1.54, 1.807) is 7.11 Å². The zero-order valence-corrected chi connectivity index (χ0v) is 10.8. The van der Waals surface area contributed by atoms with Gasteiger partial charge in [0.25, 0.3) is 0 Å². The van der Waals surface area contributed by atoms with Gasteiger partial charge in [-0.15, -0.1) is 0 Å². The first-order valence-electron chi connectivity index (χ1n) is 6.07. The summed E-state index contributed by atoms with van der Waals surface area (Å²) in [6, 6.07) is 3.85. The second-order valence-corrected chi connectivity index (χ2v) is 4.15. The van der Waals surface area contributed by atoms with Crippen LogP contribution < -0.4 is 15.0 Å². The van der Waals surface area contributed by atoms with Crippen LogP contribution in [0.1, 0.15) is 5.56 Å². The Bertz CT molecular complexity index is 451. The Morgan fingerprint density at radius 1 is 1.39 bits per heavy atom. The fraction of sp³-hybridized carbons (Fsp3) is 0.357. The van der Waals surface area contributed by atoms with Gasteiger partial charge in [-0.25, -0.2) is 0 Å². The predicted molar refractivity (Wildman–Crippen MR) is 77.4 cm³/mol. The highest BCUT2D eigenvalue weighted by molar-refractivity contribution is 5.82. The van der Waals surface area contributed by atoms with Crippen LogP contribution in [-0.2, 0) is 0 Å². The Morgan fingerprint density at radius 3 is 2.67 bits per heavy atom. The molecular weight excluding hydrogens is 226 g/mol. The van der Waals surface area contributed by atoms with E-state index in [9.17, 15) is 0 Å². The van der Waals surface area contributed by atoms with Crippen LogP contribution in [0, 0.1) is 0 Å². The van der Waals surface area contributed by atoms with Crippen molar-refractivity contribution in [3.63, 3.8) is 0 Å². The lowest BCUT2D eigenvalue weighted by Gasteiger charge is -2.32. The van der Waals surface area contributed by atoms with Crippen LogP contribution >= 0.6 is 0 Å². The average molecular weight is 245 g/mol. The Morgan fingerprint density at radius 2 is 2.11 bits per heavy atom. The van der Waals surface area contributed by atoms with E-state index < -0.39 is 0 Å². The summed E-state index contributed by atoms with van der Waals surface area (Å²) in [6.45, 7) is 11.4. The van der Waals surface area contributed by atoms with Crippen molar-refractivity contribution >= 4 is 24.2 Å². The highest BCUT2D eigenvalue weighted by Gasteiger charge is 2.19. The molecule has 1 saturated heterocycles. The molecule has 0 amide bonds. The van der Waals surface area contributed by atoms with Gasteiger partial charge in [0.1, 0.15) is 5.75 Å². The summed E-state index contributed by atoms with van der Waals surface area (Å²) in [5.74, 6) is 0.860. The Labute approximate surface area is 108 Å². The molecule has 0 bridgehead atoms. The lowest BCUT2D eigenvalue weighted by Crippen LogP contribution is -2.43. The number of benzene rings is 1. The number of aliphatic imine (C=N–C) groups is 1. The van der Waals surface area contributed by atoms with Crippen molar-refractivity contribution in [2.45, 2.75) is 0 Å². The second kappa shape index (κ2) is 5.69. The van der Waals surface area contributed by atoms with Gasteiger partial charge >= 0.3 is 0 Å². The van der Waals surface area contributed by atoms with E-state index >= 15 is 0 Å². The number of rotatable bonds is 4. The molecule has 1 N–H and O–H groups in total. The summed E-state index contributed by atoms with van der Waals surface area (Å²) in [6.07, 6.45) is 1.82. The number of hydrogen-bond donors (Lipinski definition) is 1. The molecule has 4 heteroatoms. The molecule has 0 aromatic heterocycles. The molecular formula is C14H19N3O. The number of nitrogens with one attached hydrogen (secondary N) is 1. The van der Waals surface area contributed by atoms with Crippen LogP contribution in [-0.4, -0.2) is 40.0 Å². The highest BCUT2D eigenvalue weighted by Crippen LogP contribution is 2.38. The molecule has 0 radical (unpaired) electrons. The summed E-state index contributed by atoms with van der Waals surface area (Å²) < 4.78 is 5.47. The smallest absolute Gasteiger partial charge is 0.142 e. The first-order chi connectivity index (χ1) is 8.81. The van der Waals surface area contributed by atoms with Crippen LogP contribution in [0.2, 0.25) is 0 Å². The SMILES string of the molecule is C=Cc1c(N=C)ccc(OC)c1N1CCNCC1. The number of anilines is 1. The first kappa shape index (κ1) is 12.6. The number of nitrogens with zero attached hydrogens (tertiary/aromatic N) is 2. The van der Waals surface area contributed by atoms with Crippen LogP contribution in [0.25, 0.3) is 6.08 Å². The van der Waals surface area contributed by atoms with Crippen molar-refractivity contribution in [2.75, 3.05) is 38.2 Å². The normalized spacial score (nSPS) is 15.3. The second-order valence-electron chi connectivity index (χ2n) is 4.15. The molecule has 1 aliphatic heterocycles. The van der Waals surface area contributed by atoms with Gasteiger partial charge in [0.05, 0.1) is 18.5 Å². The lowest BCUT2D eigenvalue weighted by molar-refractivity contribution is 0.413. The minimum Gasteiger partial charge on any atom is -0.495 e. The largest absolute Gasteiger partial charge is 0.495 e. The van der Waals surface area contributed by atoms with E-state index in [2.05, 4.69) is 28.5 Å². The molecule has 4 nitrogen and oxygen atoms in total. The molecule has 1 heterocycles. The third kappa shape index (κ3) is 2.24. The van der Waals surface area contributed by atoms with Gasteiger partial charge in [-0.1, -0.05) is 12.7 Å². The standard InChI is InChI=1S/C14H19N3O/c1-4-11-12(15-2)5-6-13(18-3)14(11)17-9-7-16-8-10-17/h4-6,16H,1-2,7-10H2,3H3. The summed E-state index contributed by atoms with van der Waals surface area (Å²) in [7, 11) is 1.69. The lowest BCUT2D eigenvalue weighted by atomic mass is 10.1. The van der Waals surface area contributed by atoms with Crippen LogP contribution in [0.4, 0.5) is 11.4 Å². The Hall–Kier alpha value is -1.81. The molecule has 0 aliphatic carbocycles. The molecule has 0 spiro atoms. The van der Waals surface area contributed by atoms with E-state index in [4.69, 9.17) is 4.74 Å². The zero-order valence-electron chi connectivity index (χ0n) is 10.8. The maximum Gasteiger partial charge on any atom is 0.142 e.